The first-order valence-electron chi connectivity index (χ1n) is 6.34. The Bertz CT molecular complexity index is 471. The van der Waals surface area contributed by atoms with Crippen LogP contribution >= 0.6 is 0 Å². The van der Waals surface area contributed by atoms with E-state index in [0.717, 1.165) is 5.57 Å². The third-order valence-electron chi connectivity index (χ3n) is 3.33. The molecule has 0 amide bonds. The van der Waals surface area contributed by atoms with Gasteiger partial charge in [-0.25, -0.2) is 4.79 Å². The zero-order valence-corrected chi connectivity index (χ0v) is 10.8. The Kier molecular flexibility index (Phi) is 3.98. The number of hydrogen-bond donors (Lipinski definition) is 0. The van der Waals surface area contributed by atoms with Crippen LogP contribution in [0.3, 0.4) is 0 Å². The van der Waals surface area contributed by atoms with Gasteiger partial charge in [-0.1, -0.05) is 55.5 Å². The second-order valence-corrected chi connectivity index (χ2v) is 4.45. The van der Waals surface area contributed by atoms with E-state index in [0.29, 0.717) is 6.61 Å². The van der Waals surface area contributed by atoms with Crippen molar-refractivity contribution >= 4 is 5.97 Å². The molecule has 2 heteroatoms. The summed E-state index contributed by atoms with van der Waals surface area (Å²) in [6.07, 6.45) is 5.88. The standard InChI is InChI=1S/C16H18O2/c1-3-18-16(17)15-11-7-10-14(15)12(2)13-8-5-4-6-9-13/h4-12,14H,3H2,1-2H3/i1-1. The van der Waals surface area contributed by atoms with Crippen LogP contribution in [0.1, 0.15) is 25.3 Å². The molecule has 0 N–H and O–H groups in total. The van der Waals surface area contributed by atoms with E-state index in [1.807, 2.05) is 37.3 Å². The lowest BCUT2D eigenvalue weighted by Gasteiger charge is -2.20. The van der Waals surface area contributed by atoms with Crippen LogP contribution in [0.2, 0.25) is 0 Å². The van der Waals surface area contributed by atoms with Crippen molar-refractivity contribution in [3.05, 3.63) is 59.7 Å². The fourth-order valence-electron chi connectivity index (χ4n) is 2.31. The molecule has 2 atom stereocenters. The molecule has 1 aromatic carbocycles. The molecule has 2 nitrogen and oxygen atoms in total. The van der Waals surface area contributed by atoms with Crippen molar-refractivity contribution in [1.29, 1.82) is 0 Å². The first kappa shape index (κ1) is 12.6. The van der Waals surface area contributed by atoms with E-state index in [1.54, 1.807) is 0 Å². The molecular formula is C16H18O2. The maximum Gasteiger partial charge on any atom is 0.334 e. The molecule has 0 fully saturated rings. The Morgan fingerprint density at radius 1 is 1.33 bits per heavy atom. The topological polar surface area (TPSA) is 26.3 Å². The smallest absolute Gasteiger partial charge is 0.334 e. The predicted molar refractivity (Wildman–Crippen MR) is 72.2 cm³/mol. The summed E-state index contributed by atoms with van der Waals surface area (Å²) in [4.78, 5) is 11.9. The minimum Gasteiger partial charge on any atom is -0.463 e. The fraction of sp³-hybridized carbons (Fsp3) is 0.312. The van der Waals surface area contributed by atoms with E-state index < -0.39 is 0 Å². The largest absolute Gasteiger partial charge is 0.463 e. The van der Waals surface area contributed by atoms with Crippen LogP contribution in [0.4, 0.5) is 0 Å². The van der Waals surface area contributed by atoms with Crippen LogP contribution in [-0.4, -0.2) is 12.6 Å². The lowest BCUT2D eigenvalue weighted by Crippen LogP contribution is -2.17. The number of carbonyl (C=O) groups excluding carboxylic acids is 1. The molecule has 2 unspecified atom stereocenters. The highest BCUT2D eigenvalue weighted by atomic mass is 16.5. The van der Waals surface area contributed by atoms with Gasteiger partial charge < -0.3 is 4.74 Å². The number of ether oxygens (including phenoxy) is 1. The van der Waals surface area contributed by atoms with Crippen LogP contribution in [0.25, 0.3) is 0 Å². The van der Waals surface area contributed by atoms with Crippen molar-refractivity contribution in [3.8, 4) is 0 Å². The minimum atomic E-state index is -0.199. The normalized spacial score (nSPS) is 19.4. The number of allylic oxidation sites excluding steroid dienone is 3. The lowest BCUT2D eigenvalue weighted by molar-refractivity contribution is -0.139. The average molecular weight is 241 g/mol. The van der Waals surface area contributed by atoms with Crippen molar-refractivity contribution in [1.82, 2.24) is 0 Å². The van der Waals surface area contributed by atoms with Crippen molar-refractivity contribution in [2.45, 2.75) is 19.8 Å². The molecule has 0 bridgehead atoms. The van der Waals surface area contributed by atoms with Gasteiger partial charge >= 0.3 is 5.97 Å². The number of carbonyl (C=O) groups is 1. The summed E-state index contributed by atoms with van der Waals surface area (Å²) in [5.41, 5.74) is 2.00. The first-order chi connectivity index (χ1) is 8.74. The SMILES string of the molecule is CC(c1ccccc1)C1C=CC=C1C(=O)OC[11CH3]. The molecule has 1 aromatic rings. The van der Waals surface area contributed by atoms with Gasteiger partial charge in [-0.3, -0.25) is 0 Å². The van der Waals surface area contributed by atoms with Gasteiger partial charge in [-0.05, 0) is 18.4 Å². The second kappa shape index (κ2) is 5.67. The predicted octanol–water partition coefficient (Wildman–Crippen LogP) is 3.47. The molecule has 0 saturated heterocycles. The van der Waals surface area contributed by atoms with Gasteiger partial charge in [0.2, 0.25) is 0 Å². The molecule has 0 aliphatic heterocycles. The maximum atomic E-state index is 11.9. The average Bonchev–Trinajstić information content (AvgIpc) is 2.88. The highest BCUT2D eigenvalue weighted by molar-refractivity contribution is 5.91. The minimum absolute atomic E-state index is 0.117. The molecule has 0 aromatic heterocycles. The van der Waals surface area contributed by atoms with Crippen LogP contribution in [0.5, 0.6) is 0 Å². The van der Waals surface area contributed by atoms with Gasteiger partial charge in [0.15, 0.2) is 0 Å². The molecule has 0 radical (unpaired) electrons. The molecular weight excluding hydrogens is 223 g/mol. The van der Waals surface area contributed by atoms with E-state index in [-0.39, 0.29) is 17.8 Å². The Hall–Kier alpha value is -1.83. The van der Waals surface area contributed by atoms with Crippen molar-refractivity contribution in [2.24, 2.45) is 5.92 Å². The third-order valence-corrected chi connectivity index (χ3v) is 3.33. The molecule has 1 aliphatic carbocycles. The van der Waals surface area contributed by atoms with Gasteiger partial charge in [0.05, 0.1) is 6.61 Å². The molecule has 0 spiro atoms. The van der Waals surface area contributed by atoms with Gasteiger partial charge in [0.25, 0.3) is 0 Å². The zero-order chi connectivity index (χ0) is 13.0. The zero-order valence-electron chi connectivity index (χ0n) is 10.8. The molecule has 0 saturated carbocycles. The second-order valence-electron chi connectivity index (χ2n) is 4.45. The van der Waals surface area contributed by atoms with Crippen LogP contribution < -0.4 is 0 Å². The summed E-state index contributed by atoms with van der Waals surface area (Å²) in [6, 6.07) is 10.2. The Morgan fingerprint density at radius 3 is 2.72 bits per heavy atom. The summed E-state index contributed by atoms with van der Waals surface area (Å²) in [7, 11) is 0. The van der Waals surface area contributed by atoms with Gasteiger partial charge in [-0.2, -0.15) is 0 Å². The van der Waals surface area contributed by atoms with Crippen LogP contribution in [0.15, 0.2) is 54.1 Å². The number of rotatable bonds is 4. The summed E-state index contributed by atoms with van der Waals surface area (Å²) in [5, 5.41) is 0. The van der Waals surface area contributed by atoms with Crippen LogP contribution in [0, 0.1) is 5.92 Å². The fourth-order valence-corrected chi connectivity index (χ4v) is 2.31. The van der Waals surface area contributed by atoms with E-state index in [9.17, 15) is 4.79 Å². The number of hydrogen-bond acceptors (Lipinski definition) is 2. The summed E-state index contributed by atoms with van der Waals surface area (Å²) < 4.78 is 5.09. The van der Waals surface area contributed by atoms with E-state index >= 15 is 0 Å². The Balaban J connectivity index is 2.16. The first-order valence-corrected chi connectivity index (χ1v) is 6.34. The van der Waals surface area contributed by atoms with Crippen LogP contribution in [-0.2, 0) is 9.53 Å². The van der Waals surface area contributed by atoms with Gasteiger partial charge in [0, 0.05) is 11.5 Å². The molecule has 94 valence electrons. The maximum absolute atomic E-state index is 11.9. The molecule has 1 aliphatic rings. The van der Waals surface area contributed by atoms with Crippen molar-refractivity contribution in [2.75, 3.05) is 6.61 Å². The highest BCUT2D eigenvalue weighted by Gasteiger charge is 2.27. The van der Waals surface area contributed by atoms with Crippen molar-refractivity contribution < 1.29 is 9.53 Å². The molecule has 0 heterocycles. The Labute approximate surface area is 108 Å². The number of benzene rings is 1. The highest BCUT2D eigenvalue weighted by Crippen LogP contribution is 2.34. The van der Waals surface area contributed by atoms with E-state index in [2.05, 4.69) is 25.1 Å². The third kappa shape index (κ3) is 2.53. The van der Waals surface area contributed by atoms with Crippen molar-refractivity contribution in [3.63, 3.8) is 0 Å². The monoisotopic (exact) mass is 241 g/mol. The Morgan fingerprint density at radius 2 is 2.06 bits per heavy atom. The summed E-state index contributed by atoms with van der Waals surface area (Å²) >= 11 is 0. The van der Waals surface area contributed by atoms with E-state index in [4.69, 9.17) is 4.74 Å². The quantitative estimate of drug-likeness (QED) is 0.754. The molecule has 2 rings (SSSR count). The summed E-state index contributed by atoms with van der Waals surface area (Å²) in [5.74, 6) is 0.197. The molecule has 18 heavy (non-hydrogen) atoms. The lowest BCUT2D eigenvalue weighted by atomic mass is 9.84. The number of esters is 1. The van der Waals surface area contributed by atoms with E-state index in [1.165, 1.54) is 5.56 Å². The summed E-state index contributed by atoms with van der Waals surface area (Å²) in [6.45, 7) is 4.39. The van der Waals surface area contributed by atoms with Gasteiger partial charge in [-0.15, -0.1) is 0 Å². The van der Waals surface area contributed by atoms with Gasteiger partial charge in [0.1, 0.15) is 0 Å².